The van der Waals surface area contributed by atoms with Gasteiger partial charge < -0.3 is 9.72 Å². The second-order valence-corrected chi connectivity index (χ2v) is 5.86. The summed E-state index contributed by atoms with van der Waals surface area (Å²) in [5.41, 5.74) is 3.30. The molecule has 0 radical (unpaired) electrons. The molecule has 4 aromatic rings. The molecule has 0 saturated heterocycles. The SMILES string of the molecule is COc1ccc(C(=O)c2c(C)[nH]c3ccccc23)c2ccccc12. The van der Waals surface area contributed by atoms with Crippen LogP contribution in [0.5, 0.6) is 5.75 Å². The molecular weight excluding hydrogens is 298 g/mol. The third kappa shape index (κ3) is 2.09. The number of methoxy groups -OCH3 is 1. The zero-order chi connectivity index (χ0) is 16.7. The number of ether oxygens (including phenoxy) is 1. The van der Waals surface area contributed by atoms with Gasteiger partial charge in [0.05, 0.1) is 12.7 Å². The maximum absolute atomic E-state index is 13.3. The molecule has 1 aromatic heterocycles. The number of carbonyl (C=O) groups excluding carboxylic acids is 1. The van der Waals surface area contributed by atoms with Crippen LogP contribution in [-0.4, -0.2) is 17.9 Å². The van der Waals surface area contributed by atoms with Gasteiger partial charge in [0.1, 0.15) is 5.75 Å². The van der Waals surface area contributed by atoms with Gasteiger partial charge in [0, 0.05) is 27.5 Å². The predicted molar refractivity (Wildman–Crippen MR) is 97.0 cm³/mol. The minimum Gasteiger partial charge on any atom is -0.496 e. The molecule has 0 saturated carbocycles. The first kappa shape index (κ1) is 14.5. The maximum atomic E-state index is 13.3. The molecule has 3 heteroatoms. The Morgan fingerprint density at radius 3 is 2.29 bits per heavy atom. The molecular formula is C21H17NO2. The number of rotatable bonds is 3. The Morgan fingerprint density at radius 2 is 1.54 bits per heavy atom. The molecule has 3 aromatic carbocycles. The fourth-order valence-corrected chi connectivity index (χ4v) is 3.35. The maximum Gasteiger partial charge on any atom is 0.196 e. The van der Waals surface area contributed by atoms with Crippen LogP contribution in [0.2, 0.25) is 0 Å². The lowest BCUT2D eigenvalue weighted by Gasteiger charge is -2.10. The Hall–Kier alpha value is -3.07. The first-order valence-corrected chi connectivity index (χ1v) is 7.88. The zero-order valence-electron chi connectivity index (χ0n) is 13.6. The number of benzene rings is 3. The number of aromatic nitrogens is 1. The summed E-state index contributed by atoms with van der Waals surface area (Å²) in [5.74, 6) is 0.807. The molecule has 4 rings (SSSR count). The van der Waals surface area contributed by atoms with Gasteiger partial charge in [-0.05, 0) is 30.5 Å². The molecule has 0 amide bonds. The third-order valence-electron chi connectivity index (χ3n) is 4.47. The van der Waals surface area contributed by atoms with Crippen LogP contribution in [0.15, 0.2) is 60.7 Å². The number of carbonyl (C=O) groups is 1. The van der Waals surface area contributed by atoms with Gasteiger partial charge in [-0.3, -0.25) is 4.79 Å². The summed E-state index contributed by atoms with van der Waals surface area (Å²) in [6.45, 7) is 1.94. The highest BCUT2D eigenvalue weighted by Crippen LogP contribution is 2.32. The number of H-pyrrole nitrogens is 1. The molecule has 0 aliphatic rings. The Labute approximate surface area is 139 Å². The number of nitrogens with one attached hydrogen (secondary N) is 1. The van der Waals surface area contributed by atoms with Crippen LogP contribution in [0.4, 0.5) is 0 Å². The minimum absolute atomic E-state index is 0.0313. The summed E-state index contributed by atoms with van der Waals surface area (Å²) in [6.07, 6.45) is 0. The van der Waals surface area contributed by atoms with Crippen LogP contribution < -0.4 is 4.74 Å². The number of aromatic amines is 1. The van der Waals surface area contributed by atoms with Crippen molar-refractivity contribution in [3.05, 3.63) is 77.5 Å². The highest BCUT2D eigenvalue weighted by atomic mass is 16.5. The van der Waals surface area contributed by atoms with E-state index in [2.05, 4.69) is 4.98 Å². The topological polar surface area (TPSA) is 42.1 Å². The lowest BCUT2D eigenvalue weighted by molar-refractivity contribution is 0.104. The summed E-state index contributed by atoms with van der Waals surface area (Å²) >= 11 is 0. The van der Waals surface area contributed by atoms with E-state index >= 15 is 0 Å². The lowest BCUT2D eigenvalue weighted by atomic mass is 9.95. The summed E-state index contributed by atoms with van der Waals surface area (Å²) in [4.78, 5) is 16.6. The van der Waals surface area contributed by atoms with Gasteiger partial charge in [0.25, 0.3) is 0 Å². The molecule has 0 aliphatic heterocycles. The van der Waals surface area contributed by atoms with E-state index in [1.165, 1.54) is 0 Å². The van der Waals surface area contributed by atoms with E-state index in [0.29, 0.717) is 5.56 Å². The van der Waals surface area contributed by atoms with Gasteiger partial charge in [0.15, 0.2) is 5.78 Å². The van der Waals surface area contributed by atoms with Crippen molar-refractivity contribution < 1.29 is 9.53 Å². The highest BCUT2D eigenvalue weighted by molar-refractivity contribution is 6.22. The molecule has 0 bridgehead atoms. The van der Waals surface area contributed by atoms with Gasteiger partial charge in [0.2, 0.25) is 0 Å². The van der Waals surface area contributed by atoms with Gasteiger partial charge in [-0.25, -0.2) is 0 Å². The van der Waals surface area contributed by atoms with E-state index in [1.54, 1.807) is 7.11 Å². The third-order valence-corrected chi connectivity index (χ3v) is 4.47. The Kier molecular flexibility index (Phi) is 3.35. The van der Waals surface area contributed by atoms with Crippen molar-refractivity contribution in [2.75, 3.05) is 7.11 Å². The molecule has 1 N–H and O–H groups in total. The normalized spacial score (nSPS) is 11.1. The monoisotopic (exact) mass is 315 g/mol. The van der Waals surface area contributed by atoms with Crippen molar-refractivity contribution in [1.82, 2.24) is 4.98 Å². The van der Waals surface area contributed by atoms with Crippen molar-refractivity contribution in [3.8, 4) is 5.75 Å². The van der Waals surface area contributed by atoms with Crippen LogP contribution in [-0.2, 0) is 0 Å². The van der Waals surface area contributed by atoms with Crippen molar-refractivity contribution in [2.24, 2.45) is 0 Å². The van der Waals surface area contributed by atoms with Gasteiger partial charge in [-0.15, -0.1) is 0 Å². The van der Waals surface area contributed by atoms with Gasteiger partial charge >= 0.3 is 0 Å². The average Bonchev–Trinajstić information content (AvgIpc) is 2.96. The van der Waals surface area contributed by atoms with Crippen LogP contribution in [0.25, 0.3) is 21.7 Å². The molecule has 0 aliphatic carbocycles. The van der Waals surface area contributed by atoms with E-state index in [4.69, 9.17) is 4.74 Å². The number of ketones is 1. The predicted octanol–water partition coefficient (Wildman–Crippen LogP) is 4.87. The first-order valence-electron chi connectivity index (χ1n) is 7.88. The van der Waals surface area contributed by atoms with E-state index in [-0.39, 0.29) is 5.78 Å². The summed E-state index contributed by atoms with van der Waals surface area (Å²) in [5, 5.41) is 2.81. The summed E-state index contributed by atoms with van der Waals surface area (Å²) in [6, 6.07) is 19.5. The molecule has 0 fully saturated rings. The minimum atomic E-state index is 0.0313. The van der Waals surface area contributed by atoms with Gasteiger partial charge in [-0.2, -0.15) is 0 Å². The zero-order valence-corrected chi connectivity index (χ0v) is 13.6. The Balaban J connectivity index is 1.98. The van der Waals surface area contributed by atoms with Crippen LogP contribution >= 0.6 is 0 Å². The van der Waals surface area contributed by atoms with Crippen molar-refractivity contribution in [3.63, 3.8) is 0 Å². The molecule has 24 heavy (non-hydrogen) atoms. The second kappa shape index (κ2) is 5.53. The number of fused-ring (bicyclic) bond motifs is 2. The Bertz CT molecular complexity index is 1080. The van der Waals surface area contributed by atoms with Crippen LogP contribution in [0.1, 0.15) is 21.6 Å². The fourth-order valence-electron chi connectivity index (χ4n) is 3.35. The Morgan fingerprint density at radius 1 is 0.875 bits per heavy atom. The molecule has 0 spiro atoms. The lowest BCUT2D eigenvalue weighted by Crippen LogP contribution is -2.04. The first-order chi connectivity index (χ1) is 11.7. The van der Waals surface area contributed by atoms with Crippen molar-refractivity contribution in [2.45, 2.75) is 6.92 Å². The molecule has 118 valence electrons. The number of hydrogen-bond acceptors (Lipinski definition) is 2. The summed E-state index contributed by atoms with van der Waals surface area (Å²) < 4.78 is 5.43. The molecule has 3 nitrogen and oxygen atoms in total. The van der Waals surface area contributed by atoms with Crippen LogP contribution in [0, 0.1) is 6.92 Å². The quantitative estimate of drug-likeness (QED) is 0.548. The highest BCUT2D eigenvalue weighted by Gasteiger charge is 2.20. The van der Waals surface area contributed by atoms with Crippen molar-refractivity contribution in [1.29, 1.82) is 0 Å². The van der Waals surface area contributed by atoms with Gasteiger partial charge in [-0.1, -0.05) is 42.5 Å². The average molecular weight is 315 g/mol. The standard InChI is InChI=1S/C21H17NO2/c1-13-20(17-9-5-6-10-18(17)22-13)21(23)16-11-12-19(24-2)15-8-4-3-7-14(15)16/h3-12,22H,1-2H3. The number of aryl methyl sites for hydroxylation is 1. The fraction of sp³-hybridized carbons (Fsp3) is 0.0952. The summed E-state index contributed by atoms with van der Waals surface area (Å²) in [7, 11) is 1.65. The van der Waals surface area contributed by atoms with Crippen molar-refractivity contribution >= 4 is 27.5 Å². The van der Waals surface area contributed by atoms with E-state index < -0.39 is 0 Å². The molecule has 0 unspecified atom stereocenters. The number of hydrogen-bond donors (Lipinski definition) is 1. The second-order valence-electron chi connectivity index (χ2n) is 5.86. The smallest absolute Gasteiger partial charge is 0.196 e. The molecule has 0 atom stereocenters. The number of para-hydroxylation sites is 1. The molecule has 1 heterocycles. The van der Waals surface area contributed by atoms with E-state index in [9.17, 15) is 4.79 Å². The van der Waals surface area contributed by atoms with E-state index in [1.807, 2.05) is 67.6 Å². The van der Waals surface area contributed by atoms with E-state index in [0.717, 1.165) is 38.7 Å². The van der Waals surface area contributed by atoms with Crippen LogP contribution in [0.3, 0.4) is 0 Å². The largest absolute Gasteiger partial charge is 0.496 e.